The molecule has 0 atom stereocenters. The van der Waals surface area contributed by atoms with Crippen molar-refractivity contribution in [3.05, 3.63) is 188 Å². The standard InChI is InChI=1S/C50H31N3O/c1-3-13-32(14-4-1)34-17-11-18-38(30-34)47-49-48(52-50(51-47)33-15-5-2-6-16-33)46-40(21-12-24-45(46)54-49)37-26-25-36-31-39(28-27-35(36)29-37)53-43-22-9-7-19-41(43)42-20-8-10-23-44(42)53/h1-31H. The van der Waals surface area contributed by atoms with Crippen LogP contribution in [0.5, 0.6) is 0 Å². The molecule has 0 spiro atoms. The van der Waals surface area contributed by atoms with Gasteiger partial charge in [0.25, 0.3) is 0 Å². The van der Waals surface area contributed by atoms with E-state index in [0.29, 0.717) is 11.4 Å². The predicted octanol–water partition coefficient (Wildman–Crippen LogP) is 13.3. The third-order valence-corrected chi connectivity index (χ3v) is 10.6. The Morgan fingerprint density at radius 3 is 1.83 bits per heavy atom. The second-order valence-electron chi connectivity index (χ2n) is 13.8. The molecular weight excluding hydrogens is 659 g/mol. The number of nitrogens with zero attached hydrogens (tertiary/aromatic N) is 3. The van der Waals surface area contributed by atoms with E-state index in [1.54, 1.807) is 0 Å². The first-order valence-electron chi connectivity index (χ1n) is 18.2. The summed E-state index contributed by atoms with van der Waals surface area (Å²) in [6.07, 6.45) is 0. The summed E-state index contributed by atoms with van der Waals surface area (Å²) in [6, 6.07) is 66.2. The molecule has 3 heterocycles. The van der Waals surface area contributed by atoms with Gasteiger partial charge in [0.15, 0.2) is 11.4 Å². The topological polar surface area (TPSA) is 43.9 Å². The maximum atomic E-state index is 6.72. The summed E-state index contributed by atoms with van der Waals surface area (Å²) >= 11 is 0. The van der Waals surface area contributed by atoms with Gasteiger partial charge < -0.3 is 8.98 Å². The number of rotatable bonds is 5. The third kappa shape index (κ3) is 4.85. The van der Waals surface area contributed by atoms with Crippen molar-refractivity contribution in [1.29, 1.82) is 0 Å². The molecule has 4 nitrogen and oxygen atoms in total. The van der Waals surface area contributed by atoms with Crippen molar-refractivity contribution in [2.75, 3.05) is 0 Å². The molecular formula is C50H31N3O. The van der Waals surface area contributed by atoms with Gasteiger partial charge in [-0.2, -0.15) is 0 Å². The molecule has 11 rings (SSSR count). The lowest BCUT2D eigenvalue weighted by atomic mass is 9.97. The second-order valence-corrected chi connectivity index (χ2v) is 13.8. The highest BCUT2D eigenvalue weighted by molar-refractivity contribution is 6.14. The lowest BCUT2D eigenvalue weighted by molar-refractivity contribution is 0.667. The first kappa shape index (κ1) is 30.3. The Labute approximate surface area is 311 Å². The number of fused-ring (bicyclic) bond motifs is 7. The molecule has 0 aliphatic heterocycles. The SMILES string of the molecule is c1ccc(-c2cccc(-c3nc(-c4ccccc4)nc4c3oc3cccc(-c5ccc6cc(-n7c8ccccc8c8ccccc87)ccc6c5)c34)c2)cc1. The minimum atomic E-state index is 0.664. The molecule has 0 amide bonds. The monoisotopic (exact) mass is 689 g/mol. The molecule has 252 valence electrons. The van der Waals surface area contributed by atoms with E-state index in [4.69, 9.17) is 14.4 Å². The van der Waals surface area contributed by atoms with E-state index >= 15 is 0 Å². The molecule has 0 bridgehead atoms. The van der Waals surface area contributed by atoms with Crippen molar-refractivity contribution in [1.82, 2.24) is 14.5 Å². The molecule has 11 aromatic rings. The Bertz CT molecular complexity index is 3160. The van der Waals surface area contributed by atoms with Gasteiger partial charge in [0, 0.05) is 27.6 Å². The molecule has 0 N–H and O–H groups in total. The van der Waals surface area contributed by atoms with Gasteiger partial charge in [-0.1, -0.05) is 146 Å². The Hall–Kier alpha value is -7.30. The molecule has 0 saturated heterocycles. The highest BCUT2D eigenvalue weighted by atomic mass is 16.3. The van der Waals surface area contributed by atoms with Gasteiger partial charge in [-0.3, -0.25) is 0 Å². The van der Waals surface area contributed by atoms with Crippen LogP contribution in [-0.2, 0) is 0 Å². The maximum absolute atomic E-state index is 6.72. The van der Waals surface area contributed by atoms with Crippen LogP contribution in [0.25, 0.3) is 105 Å². The van der Waals surface area contributed by atoms with Crippen molar-refractivity contribution in [2.45, 2.75) is 0 Å². The van der Waals surface area contributed by atoms with E-state index < -0.39 is 0 Å². The fourth-order valence-corrected chi connectivity index (χ4v) is 8.06. The fourth-order valence-electron chi connectivity index (χ4n) is 8.06. The van der Waals surface area contributed by atoms with Crippen LogP contribution in [0, 0.1) is 0 Å². The molecule has 54 heavy (non-hydrogen) atoms. The lowest BCUT2D eigenvalue weighted by Gasteiger charge is -2.11. The number of hydrogen-bond donors (Lipinski definition) is 0. The smallest absolute Gasteiger partial charge is 0.180 e. The van der Waals surface area contributed by atoms with Crippen LogP contribution in [0.1, 0.15) is 0 Å². The van der Waals surface area contributed by atoms with Crippen LogP contribution in [0.2, 0.25) is 0 Å². The summed E-state index contributed by atoms with van der Waals surface area (Å²) in [5, 5.41) is 5.84. The van der Waals surface area contributed by atoms with Crippen molar-refractivity contribution >= 4 is 54.6 Å². The van der Waals surface area contributed by atoms with Gasteiger partial charge in [-0.25, -0.2) is 9.97 Å². The van der Waals surface area contributed by atoms with Crippen molar-refractivity contribution in [2.24, 2.45) is 0 Å². The van der Waals surface area contributed by atoms with Gasteiger partial charge in [-0.15, -0.1) is 0 Å². The third-order valence-electron chi connectivity index (χ3n) is 10.6. The summed E-state index contributed by atoms with van der Waals surface area (Å²) in [7, 11) is 0. The van der Waals surface area contributed by atoms with Crippen LogP contribution in [0.15, 0.2) is 192 Å². The van der Waals surface area contributed by atoms with Gasteiger partial charge in [0.2, 0.25) is 0 Å². The molecule has 0 aliphatic carbocycles. The number of hydrogen-bond acceptors (Lipinski definition) is 3. The Kier molecular flexibility index (Phi) is 6.82. The van der Waals surface area contributed by atoms with Gasteiger partial charge in [0.1, 0.15) is 16.8 Å². The van der Waals surface area contributed by atoms with E-state index in [1.165, 1.54) is 32.6 Å². The lowest BCUT2D eigenvalue weighted by Crippen LogP contribution is -1.94. The van der Waals surface area contributed by atoms with E-state index in [1.807, 2.05) is 30.3 Å². The summed E-state index contributed by atoms with van der Waals surface area (Å²) in [5.74, 6) is 0.664. The number of benzene rings is 8. The van der Waals surface area contributed by atoms with E-state index in [0.717, 1.165) is 61.2 Å². The van der Waals surface area contributed by atoms with Crippen LogP contribution >= 0.6 is 0 Å². The van der Waals surface area contributed by atoms with Gasteiger partial charge >= 0.3 is 0 Å². The molecule has 0 fully saturated rings. The Balaban J connectivity index is 1.09. The van der Waals surface area contributed by atoms with Crippen molar-refractivity contribution < 1.29 is 4.42 Å². The van der Waals surface area contributed by atoms with E-state index in [2.05, 4.69) is 162 Å². The minimum Gasteiger partial charge on any atom is -0.452 e. The highest BCUT2D eigenvalue weighted by Crippen LogP contribution is 2.41. The zero-order valence-electron chi connectivity index (χ0n) is 29.1. The average molecular weight is 690 g/mol. The maximum Gasteiger partial charge on any atom is 0.180 e. The first-order valence-corrected chi connectivity index (χ1v) is 18.2. The molecule has 0 saturated carbocycles. The summed E-state index contributed by atoms with van der Waals surface area (Å²) < 4.78 is 9.09. The van der Waals surface area contributed by atoms with E-state index in [9.17, 15) is 0 Å². The first-order chi connectivity index (χ1) is 26.8. The van der Waals surface area contributed by atoms with Crippen LogP contribution in [0.3, 0.4) is 0 Å². The largest absolute Gasteiger partial charge is 0.452 e. The number of aromatic nitrogens is 3. The minimum absolute atomic E-state index is 0.664. The number of para-hydroxylation sites is 2. The van der Waals surface area contributed by atoms with Crippen LogP contribution in [0.4, 0.5) is 0 Å². The van der Waals surface area contributed by atoms with Gasteiger partial charge in [-0.05, 0) is 75.5 Å². The molecule has 3 aromatic heterocycles. The zero-order valence-corrected chi connectivity index (χ0v) is 29.1. The summed E-state index contributed by atoms with van der Waals surface area (Å²) in [6.45, 7) is 0. The second kappa shape index (κ2) is 12.1. The average Bonchev–Trinajstić information content (AvgIpc) is 3.80. The number of furan rings is 1. The normalized spacial score (nSPS) is 11.7. The summed E-state index contributed by atoms with van der Waals surface area (Å²) in [4.78, 5) is 10.4. The Morgan fingerprint density at radius 1 is 0.426 bits per heavy atom. The van der Waals surface area contributed by atoms with Crippen molar-refractivity contribution in [3.63, 3.8) is 0 Å². The molecule has 0 radical (unpaired) electrons. The Morgan fingerprint density at radius 2 is 1.06 bits per heavy atom. The summed E-state index contributed by atoms with van der Waals surface area (Å²) in [5.41, 5.74) is 13.0. The van der Waals surface area contributed by atoms with Crippen molar-refractivity contribution in [3.8, 4) is 50.6 Å². The van der Waals surface area contributed by atoms with Crippen LogP contribution < -0.4 is 0 Å². The predicted molar refractivity (Wildman–Crippen MR) is 223 cm³/mol. The fraction of sp³-hybridized carbons (Fsp3) is 0. The molecule has 8 aromatic carbocycles. The highest BCUT2D eigenvalue weighted by Gasteiger charge is 2.21. The van der Waals surface area contributed by atoms with Gasteiger partial charge in [0.05, 0.1) is 16.4 Å². The molecule has 4 heteroatoms. The molecule has 0 unspecified atom stereocenters. The van der Waals surface area contributed by atoms with E-state index in [-0.39, 0.29) is 0 Å². The zero-order chi connectivity index (χ0) is 35.6. The van der Waals surface area contributed by atoms with Crippen LogP contribution in [-0.4, -0.2) is 14.5 Å². The molecule has 0 aliphatic rings. The quantitative estimate of drug-likeness (QED) is 0.181.